The van der Waals surface area contributed by atoms with Gasteiger partial charge in [-0.2, -0.15) is 13.2 Å². The van der Waals surface area contributed by atoms with E-state index in [1.807, 2.05) is 0 Å². The molecule has 0 aliphatic heterocycles. The first-order chi connectivity index (χ1) is 6.48. The Morgan fingerprint density at radius 2 is 1.93 bits per heavy atom. The normalized spacial score (nSPS) is 12.3. The highest BCUT2D eigenvalue weighted by atomic mass is 19.4. The third kappa shape index (κ3) is 1.36. The fourth-order valence-corrected chi connectivity index (χ4v) is 1.44. The molecule has 0 unspecified atom stereocenters. The van der Waals surface area contributed by atoms with Crippen LogP contribution >= 0.6 is 0 Å². The molecule has 1 aromatic carbocycles. The van der Waals surface area contributed by atoms with E-state index in [2.05, 4.69) is 0 Å². The fourth-order valence-electron chi connectivity index (χ4n) is 1.44. The molecule has 14 heavy (non-hydrogen) atoms. The van der Waals surface area contributed by atoms with Crippen LogP contribution in [0.25, 0.3) is 11.0 Å². The lowest BCUT2D eigenvalue weighted by molar-refractivity contribution is -0.136. The first kappa shape index (κ1) is 9.12. The Bertz CT molecular complexity index is 468. The Morgan fingerprint density at radius 1 is 1.21 bits per heavy atom. The Labute approximate surface area is 78.1 Å². The molecule has 0 aliphatic carbocycles. The van der Waals surface area contributed by atoms with Gasteiger partial charge in [-0.3, -0.25) is 0 Å². The number of alkyl halides is 3. The molecule has 0 radical (unpaired) electrons. The largest absolute Gasteiger partial charge is 0.464 e. The quantitative estimate of drug-likeness (QED) is 0.631. The molecule has 0 spiro atoms. The number of halogens is 3. The minimum Gasteiger partial charge on any atom is -0.464 e. The van der Waals surface area contributed by atoms with Gasteiger partial charge in [0.05, 0.1) is 11.8 Å². The van der Waals surface area contributed by atoms with Crippen molar-refractivity contribution in [3.63, 3.8) is 0 Å². The number of furan rings is 1. The van der Waals surface area contributed by atoms with E-state index in [4.69, 9.17) is 4.42 Å². The number of hydrogen-bond acceptors (Lipinski definition) is 1. The second-order valence-corrected chi connectivity index (χ2v) is 3.15. The Morgan fingerprint density at radius 3 is 2.57 bits per heavy atom. The molecule has 0 saturated carbocycles. The predicted octanol–water partition coefficient (Wildman–Crippen LogP) is 3.76. The lowest BCUT2D eigenvalue weighted by atomic mass is 10.1. The molecule has 0 N–H and O–H groups in total. The van der Waals surface area contributed by atoms with Crippen LogP contribution < -0.4 is 0 Å². The topological polar surface area (TPSA) is 13.1 Å². The molecule has 1 nitrogen and oxygen atoms in total. The van der Waals surface area contributed by atoms with Crippen LogP contribution in [-0.4, -0.2) is 0 Å². The summed E-state index contributed by atoms with van der Waals surface area (Å²) >= 11 is 0. The predicted molar refractivity (Wildman–Crippen MR) is 46.0 cm³/mol. The average molecular weight is 200 g/mol. The highest BCUT2D eigenvalue weighted by Gasteiger charge is 2.34. The standard InChI is InChI=1S/C10H7F3O/c1-6-4-7-2-3-14-9(7)8(5-6)10(11,12)13/h2-5H,1H3. The monoisotopic (exact) mass is 200 g/mol. The Hall–Kier alpha value is -1.45. The zero-order valence-electron chi connectivity index (χ0n) is 7.35. The van der Waals surface area contributed by atoms with Gasteiger partial charge in [0.15, 0.2) is 0 Å². The van der Waals surface area contributed by atoms with Crippen molar-refractivity contribution in [2.75, 3.05) is 0 Å². The van der Waals surface area contributed by atoms with E-state index in [1.54, 1.807) is 13.0 Å². The average Bonchev–Trinajstić information content (AvgIpc) is 2.47. The highest BCUT2D eigenvalue weighted by molar-refractivity contribution is 5.81. The summed E-state index contributed by atoms with van der Waals surface area (Å²) in [5.74, 6) is 0. The van der Waals surface area contributed by atoms with Crippen LogP contribution in [0.15, 0.2) is 28.9 Å². The first-order valence-corrected chi connectivity index (χ1v) is 4.03. The van der Waals surface area contributed by atoms with Crippen molar-refractivity contribution >= 4 is 11.0 Å². The zero-order valence-corrected chi connectivity index (χ0v) is 7.35. The lowest BCUT2D eigenvalue weighted by Gasteiger charge is -2.07. The molecule has 0 fully saturated rings. The van der Waals surface area contributed by atoms with Crippen molar-refractivity contribution in [2.45, 2.75) is 13.1 Å². The van der Waals surface area contributed by atoms with Crippen molar-refractivity contribution in [1.29, 1.82) is 0 Å². The molecule has 1 aromatic heterocycles. The molecule has 74 valence electrons. The van der Waals surface area contributed by atoms with Crippen molar-refractivity contribution < 1.29 is 17.6 Å². The molecule has 2 rings (SSSR count). The minimum atomic E-state index is -4.36. The molecule has 0 bridgehead atoms. The van der Waals surface area contributed by atoms with E-state index in [0.29, 0.717) is 10.9 Å². The maximum absolute atomic E-state index is 12.5. The molecule has 0 saturated heterocycles. The summed E-state index contributed by atoms with van der Waals surface area (Å²) in [5, 5.41) is 0.484. The molecular weight excluding hydrogens is 193 g/mol. The third-order valence-electron chi connectivity index (χ3n) is 2.00. The Kier molecular flexibility index (Phi) is 1.80. The van der Waals surface area contributed by atoms with Crippen molar-refractivity contribution in [3.05, 3.63) is 35.6 Å². The summed E-state index contributed by atoms with van der Waals surface area (Å²) in [6.45, 7) is 1.63. The van der Waals surface area contributed by atoms with Gasteiger partial charge in [0.2, 0.25) is 0 Å². The van der Waals surface area contributed by atoms with Gasteiger partial charge in [-0.15, -0.1) is 0 Å². The summed E-state index contributed by atoms with van der Waals surface area (Å²) in [4.78, 5) is 0. The number of aryl methyl sites for hydroxylation is 1. The molecule has 0 amide bonds. The van der Waals surface area contributed by atoms with Gasteiger partial charge in [0.25, 0.3) is 0 Å². The van der Waals surface area contributed by atoms with E-state index >= 15 is 0 Å². The van der Waals surface area contributed by atoms with Gasteiger partial charge >= 0.3 is 6.18 Å². The van der Waals surface area contributed by atoms with Crippen molar-refractivity contribution in [3.8, 4) is 0 Å². The van der Waals surface area contributed by atoms with E-state index in [-0.39, 0.29) is 5.58 Å². The number of benzene rings is 1. The van der Waals surface area contributed by atoms with E-state index in [0.717, 1.165) is 6.07 Å². The maximum atomic E-state index is 12.5. The summed E-state index contributed by atoms with van der Waals surface area (Å²) in [5.41, 5.74) is -0.230. The van der Waals surface area contributed by atoms with Crippen molar-refractivity contribution in [1.82, 2.24) is 0 Å². The summed E-state index contributed by atoms with van der Waals surface area (Å²) in [7, 11) is 0. The van der Waals surface area contributed by atoms with Gasteiger partial charge in [-0.25, -0.2) is 0 Å². The van der Waals surface area contributed by atoms with Gasteiger partial charge < -0.3 is 4.42 Å². The molecule has 0 atom stereocenters. The zero-order chi connectivity index (χ0) is 10.3. The fraction of sp³-hybridized carbons (Fsp3) is 0.200. The van der Waals surface area contributed by atoms with Gasteiger partial charge in [-0.1, -0.05) is 0 Å². The van der Waals surface area contributed by atoms with Gasteiger partial charge in [0, 0.05) is 5.39 Å². The van der Waals surface area contributed by atoms with E-state index in [9.17, 15) is 13.2 Å². The smallest absolute Gasteiger partial charge is 0.420 e. The van der Waals surface area contributed by atoms with Gasteiger partial charge in [0.1, 0.15) is 5.58 Å². The summed E-state index contributed by atoms with van der Waals surface area (Å²) in [6.07, 6.45) is -3.10. The molecule has 1 heterocycles. The SMILES string of the molecule is Cc1cc(C(F)(F)F)c2occc2c1. The number of rotatable bonds is 0. The highest BCUT2D eigenvalue weighted by Crippen LogP contribution is 2.35. The second-order valence-electron chi connectivity index (χ2n) is 3.15. The van der Waals surface area contributed by atoms with Crippen LogP contribution in [0.2, 0.25) is 0 Å². The summed E-state index contributed by atoms with van der Waals surface area (Å²) in [6, 6.07) is 4.28. The third-order valence-corrected chi connectivity index (χ3v) is 2.00. The molecule has 2 aromatic rings. The molecular formula is C10H7F3O. The Balaban J connectivity index is 2.80. The lowest BCUT2D eigenvalue weighted by Crippen LogP contribution is -2.05. The first-order valence-electron chi connectivity index (χ1n) is 4.03. The second kappa shape index (κ2) is 2.77. The van der Waals surface area contributed by atoms with Crippen LogP contribution in [0.3, 0.4) is 0 Å². The van der Waals surface area contributed by atoms with E-state index < -0.39 is 11.7 Å². The van der Waals surface area contributed by atoms with Crippen LogP contribution in [0.1, 0.15) is 11.1 Å². The maximum Gasteiger partial charge on any atom is 0.420 e. The number of fused-ring (bicyclic) bond motifs is 1. The van der Waals surface area contributed by atoms with Crippen LogP contribution in [-0.2, 0) is 6.18 Å². The van der Waals surface area contributed by atoms with Crippen LogP contribution in [0.5, 0.6) is 0 Å². The van der Waals surface area contributed by atoms with E-state index in [1.165, 1.54) is 12.3 Å². The molecule has 0 aliphatic rings. The molecule has 4 heteroatoms. The summed E-state index contributed by atoms with van der Waals surface area (Å²) < 4.78 is 42.4. The minimum absolute atomic E-state index is 0.0944. The van der Waals surface area contributed by atoms with Crippen LogP contribution in [0, 0.1) is 6.92 Å². The van der Waals surface area contributed by atoms with Crippen molar-refractivity contribution in [2.24, 2.45) is 0 Å². The van der Waals surface area contributed by atoms with Crippen LogP contribution in [0.4, 0.5) is 13.2 Å². The number of hydrogen-bond donors (Lipinski definition) is 0. The van der Waals surface area contributed by atoms with Gasteiger partial charge in [-0.05, 0) is 30.7 Å².